The van der Waals surface area contributed by atoms with E-state index < -0.39 is 0 Å². The molecule has 0 radical (unpaired) electrons. The molecule has 2 nitrogen and oxygen atoms in total. The Kier molecular flexibility index (Phi) is 12.3. The number of hydrogen-bond donors (Lipinski definition) is 0. The minimum absolute atomic E-state index is 0.193. The zero-order chi connectivity index (χ0) is 67.3. The van der Waals surface area contributed by atoms with Crippen LogP contribution < -0.4 is 9.80 Å². The van der Waals surface area contributed by atoms with Gasteiger partial charge in [-0.3, -0.25) is 0 Å². The molecule has 0 saturated carbocycles. The number of hydrogen-bond acceptors (Lipinski definition) is 2. The zero-order valence-electron chi connectivity index (χ0n) is 57.8. The fourth-order valence-electron chi connectivity index (χ4n) is 19.1. The second kappa shape index (κ2) is 21.0. The molecule has 0 N–H and O–H groups in total. The quantitative estimate of drug-likeness (QED) is 0.140. The fraction of sp³-hybridized carbons (Fsp3) is 0.122. The first kappa shape index (κ1) is 58.6. The van der Waals surface area contributed by atoms with Gasteiger partial charge in [0.1, 0.15) is 0 Å². The molecule has 0 amide bonds. The maximum absolute atomic E-state index is 2.55. The summed E-state index contributed by atoms with van der Waals surface area (Å²) in [6.07, 6.45) is 0. The van der Waals surface area contributed by atoms with Gasteiger partial charge in [0.05, 0.1) is 0 Å². The van der Waals surface area contributed by atoms with Gasteiger partial charge in [0.25, 0.3) is 0 Å². The Bertz CT molecular complexity index is 6220. The monoisotopic (exact) mass is 1280 g/mol. The molecule has 0 saturated heterocycles. The van der Waals surface area contributed by atoms with Gasteiger partial charge < -0.3 is 9.80 Å². The van der Waals surface area contributed by atoms with Crippen molar-refractivity contribution < 1.29 is 0 Å². The largest absolute Gasteiger partial charge is 0.310 e. The normalized spacial score (nSPS) is 14.9. The van der Waals surface area contributed by atoms with Gasteiger partial charge in [-0.2, -0.15) is 0 Å². The van der Waals surface area contributed by atoms with Crippen LogP contribution in [0.25, 0.3) is 121 Å². The number of rotatable bonds is 8. The van der Waals surface area contributed by atoms with E-state index in [0.717, 1.165) is 34.1 Å². The molecule has 0 aliphatic heterocycles. The summed E-state index contributed by atoms with van der Waals surface area (Å²) in [4.78, 5) is 5.02. The first-order valence-electron chi connectivity index (χ1n) is 35.6. The lowest BCUT2D eigenvalue weighted by molar-refractivity contribution is 0.645. The van der Waals surface area contributed by atoms with E-state index in [-0.39, 0.29) is 21.7 Å². The highest BCUT2D eigenvalue weighted by molar-refractivity contribution is 6.28. The summed E-state index contributed by atoms with van der Waals surface area (Å²) in [5, 5.41) is 12.5. The maximum Gasteiger partial charge on any atom is 0.0468 e. The van der Waals surface area contributed by atoms with Crippen molar-refractivity contribution >= 4 is 88.0 Å². The summed E-state index contributed by atoms with van der Waals surface area (Å²) >= 11 is 0. The summed E-state index contributed by atoms with van der Waals surface area (Å²) in [6, 6.07) is 116. The highest BCUT2D eigenvalue weighted by Gasteiger charge is 2.40. The standard InChI is InChI=1S/C98H74N2/c1-95(2)83-37-21-18-32-68(83)73-50-52-75(71-34-23-39-85(95)93(71)73)90-78-48-44-63(100(61-28-13-10-14-29-61)65-45-49-79-89(58-65)98(7,8)87-54-41-59-25-15-16-30-66(59)92(79)87)56-81(78)91(76-53-51-74-69-33-19-22-38-84(69)96(3,4)86-40-24-35-72(76)94(74)86)77-47-43-62(55-80(77)90)99(60-26-11-9-12-27-60)64-42-46-70-67-31-17-20-36-82(67)97(5,6)88(70)57-64/h9-58H,1-8H3. The van der Waals surface area contributed by atoms with Gasteiger partial charge in [0.2, 0.25) is 0 Å². The van der Waals surface area contributed by atoms with Crippen molar-refractivity contribution in [1.82, 2.24) is 0 Å². The van der Waals surface area contributed by atoms with Crippen molar-refractivity contribution in [2.24, 2.45) is 0 Å². The van der Waals surface area contributed by atoms with Gasteiger partial charge in [-0.15, -0.1) is 0 Å². The molecule has 16 aromatic rings. The number of fused-ring (bicyclic) bond motifs is 14. The molecule has 4 aliphatic carbocycles. The van der Waals surface area contributed by atoms with Gasteiger partial charge in [-0.25, -0.2) is 0 Å². The lowest BCUT2D eigenvalue weighted by Gasteiger charge is -2.36. The molecule has 0 fully saturated rings. The van der Waals surface area contributed by atoms with Crippen LogP contribution in [0.1, 0.15) is 99.9 Å². The van der Waals surface area contributed by atoms with Crippen molar-refractivity contribution in [2.75, 3.05) is 9.80 Å². The van der Waals surface area contributed by atoms with Crippen LogP contribution in [0.3, 0.4) is 0 Å². The minimum atomic E-state index is -0.243. The molecule has 0 unspecified atom stereocenters. The number of anilines is 6. The molecular formula is C98H74N2. The van der Waals surface area contributed by atoms with Gasteiger partial charge in [0, 0.05) is 55.8 Å². The predicted molar refractivity (Wildman–Crippen MR) is 424 cm³/mol. The Morgan fingerprint density at radius 3 is 1.04 bits per heavy atom. The zero-order valence-corrected chi connectivity index (χ0v) is 57.8. The van der Waals surface area contributed by atoms with Crippen LogP contribution in [0.4, 0.5) is 34.1 Å². The smallest absolute Gasteiger partial charge is 0.0468 e. The topological polar surface area (TPSA) is 6.48 Å². The van der Waals surface area contributed by atoms with E-state index in [1.165, 1.54) is 165 Å². The van der Waals surface area contributed by atoms with Crippen LogP contribution >= 0.6 is 0 Å². The van der Waals surface area contributed by atoms with Gasteiger partial charge in [-0.05, 0) is 238 Å². The lowest BCUT2D eigenvalue weighted by atomic mass is 9.67. The third kappa shape index (κ3) is 8.08. The van der Waals surface area contributed by atoms with E-state index in [9.17, 15) is 0 Å². The van der Waals surface area contributed by atoms with E-state index in [0.29, 0.717) is 0 Å². The Morgan fingerprint density at radius 2 is 0.530 bits per heavy atom. The molecule has 4 aliphatic rings. The number of nitrogens with zero attached hydrogens (tertiary/aromatic N) is 2. The van der Waals surface area contributed by atoms with E-state index in [1.807, 2.05) is 0 Å². The second-order valence-corrected chi connectivity index (χ2v) is 30.6. The molecule has 2 heteroatoms. The molecule has 0 atom stereocenters. The average Bonchev–Trinajstić information content (AvgIpc) is 0.963. The first-order chi connectivity index (χ1) is 48.7. The van der Waals surface area contributed by atoms with Crippen molar-refractivity contribution in [1.29, 1.82) is 0 Å². The highest BCUT2D eigenvalue weighted by atomic mass is 15.1. The van der Waals surface area contributed by atoms with Crippen LogP contribution in [-0.2, 0) is 21.7 Å². The molecule has 100 heavy (non-hydrogen) atoms. The van der Waals surface area contributed by atoms with Crippen LogP contribution in [0.15, 0.2) is 303 Å². The van der Waals surface area contributed by atoms with Crippen molar-refractivity contribution in [3.63, 3.8) is 0 Å². The molecule has 476 valence electrons. The number of benzene rings is 16. The maximum atomic E-state index is 2.55. The molecular weight excluding hydrogens is 1210 g/mol. The number of para-hydroxylation sites is 2. The van der Waals surface area contributed by atoms with Gasteiger partial charge in [-0.1, -0.05) is 286 Å². The van der Waals surface area contributed by atoms with Gasteiger partial charge in [0.15, 0.2) is 0 Å². The summed E-state index contributed by atoms with van der Waals surface area (Å²) in [7, 11) is 0. The summed E-state index contributed by atoms with van der Waals surface area (Å²) < 4.78 is 0. The van der Waals surface area contributed by atoms with Crippen LogP contribution in [-0.4, -0.2) is 0 Å². The Balaban J connectivity index is 0.911. The highest BCUT2D eigenvalue weighted by Crippen LogP contribution is 2.59. The third-order valence-corrected chi connectivity index (χ3v) is 24.0. The summed E-state index contributed by atoms with van der Waals surface area (Å²) in [6.45, 7) is 19.3. The molecule has 0 heterocycles. The van der Waals surface area contributed by atoms with E-state index in [2.05, 4.69) is 369 Å². The first-order valence-corrected chi connectivity index (χ1v) is 35.6. The second-order valence-electron chi connectivity index (χ2n) is 30.6. The molecule has 0 bridgehead atoms. The minimum Gasteiger partial charge on any atom is -0.310 e. The van der Waals surface area contributed by atoms with Crippen LogP contribution in [0.2, 0.25) is 0 Å². The van der Waals surface area contributed by atoms with E-state index in [4.69, 9.17) is 0 Å². The molecule has 20 rings (SSSR count). The van der Waals surface area contributed by atoms with Crippen LogP contribution in [0, 0.1) is 0 Å². The lowest BCUT2D eigenvalue weighted by Crippen LogP contribution is -2.23. The predicted octanol–water partition coefficient (Wildman–Crippen LogP) is 27.0. The Morgan fingerprint density at radius 1 is 0.180 bits per heavy atom. The van der Waals surface area contributed by atoms with E-state index >= 15 is 0 Å². The molecule has 16 aromatic carbocycles. The molecule has 0 aromatic heterocycles. The third-order valence-electron chi connectivity index (χ3n) is 24.0. The summed E-state index contributed by atoms with van der Waals surface area (Å²) in [5.74, 6) is 0. The van der Waals surface area contributed by atoms with Crippen LogP contribution in [0.5, 0.6) is 0 Å². The van der Waals surface area contributed by atoms with Crippen molar-refractivity contribution in [3.05, 3.63) is 348 Å². The average molecular weight is 1280 g/mol. The van der Waals surface area contributed by atoms with Gasteiger partial charge >= 0.3 is 0 Å². The Hall–Kier alpha value is -11.6. The summed E-state index contributed by atoms with van der Waals surface area (Å²) in [5.41, 5.74) is 31.9. The van der Waals surface area contributed by atoms with E-state index in [1.54, 1.807) is 0 Å². The SMILES string of the molecule is CC1(C)c2ccccc2-c2ccc(N(c3ccccc3)c3ccc4c(-c5ccc6c7c(cccc57)C(C)(C)c5ccccc5-6)c5cc(N(c6ccccc6)c6ccc7c(c6)C(C)(C)c6ccc8ccccc8c6-7)ccc5c(-c5ccc6c7c(cccc57)C(C)(C)c5ccccc5-6)c4c3)cc21. The van der Waals surface area contributed by atoms with Crippen molar-refractivity contribution in [3.8, 4) is 66.8 Å². The fourth-order valence-corrected chi connectivity index (χ4v) is 19.1. The molecule has 0 spiro atoms. The Labute approximate surface area is 585 Å². The van der Waals surface area contributed by atoms with Crippen molar-refractivity contribution in [2.45, 2.75) is 77.0 Å².